The molecule has 2 aromatic carbocycles. The average Bonchev–Trinajstić information content (AvgIpc) is 2.82. The molecule has 0 radical (unpaired) electrons. The van der Waals surface area contributed by atoms with Crippen LogP contribution in [0.15, 0.2) is 57.1 Å². The third-order valence-corrected chi connectivity index (χ3v) is 6.35. The molecule has 0 aliphatic heterocycles. The fraction of sp³-hybridized carbons (Fsp3) is 0.208. The minimum Gasteiger partial charge on any atom is -0.325 e. The van der Waals surface area contributed by atoms with Crippen molar-refractivity contribution in [3.63, 3.8) is 0 Å². The summed E-state index contributed by atoms with van der Waals surface area (Å²) in [5, 5.41) is 3.28. The van der Waals surface area contributed by atoms with E-state index in [1.54, 1.807) is 0 Å². The van der Waals surface area contributed by atoms with Gasteiger partial charge in [0.15, 0.2) is 11.5 Å². The average molecular weight is 480 g/mol. The molecule has 0 atom stereocenters. The first kappa shape index (κ1) is 23.4. The van der Waals surface area contributed by atoms with Crippen molar-refractivity contribution in [3.05, 3.63) is 80.2 Å². The molecule has 1 amide bonds. The van der Waals surface area contributed by atoms with Crippen LogP contribution in [0, 0.1) is 19.7 Å². The second kappa shape index (κ2) is 9.22. The Morgan fingerprint density at radius 3 is 2.44 bits per heavy atom. The summed E-state index contributed by atoms with van der Waals surface area (Å²) in [6, 6.07) is 11.3. The van der Waals surface area contributed by atoms with E-state index in [-0.39, 0.29) is 33.5 Å². The molecule has 2 heterocycles. The van der Waals surface area contributed by atoms with E-state index in [0.29, 0.717) is 11.3 Å². The fourth-order valence-corrected chi connectivity index (χ4v) is 4.27. The summed E-state index contributed by atoms with van der Waals surface area (Å²) in [6.45, 7) is 3.84. The third-order valence-electron chi connectivity index (χ3n) is 5.38. The Labute approximate surface area is 198 Å². The predicted molar refractivity (Wildman–Crippen MR) is 131 cm³/mol. The monoisotopic (exact) mass is 479 g/mol. The van der Waals surface area contributed by atoms with Crippen LogP contribution in [0.2, 0.25) is 0 Å². The van der Waals surface area contributed by atoms with Gasteiger partial charge in [-0.1, -0.05) is 23.9 Å². The van der Waals surface area contributed by atoms with Gasteiger partial charge < -0.3 is 5.32 Å². The van der Waals surface area contributed by atoms with Crippen molar-refractivity contribution in [3.8, 4) is 11.4 Å². The minimum absolute atomic E-state index is 0.0195. The van der Waals surface area contributed by atoms with E-state index in [4.69, 9.17) is 0 Å². The summed E-state index contributed by atoms with van der Waals surface area (Å²) in [7, 11) is 2.88. The van der Waals surface area contributed by atoms with Crippen molar-refractivity contribution >= 4 is 34.4 Å². The molecule has 4 rings (SSSR count). The number of nitrogens with one attached hydrogen (secondary N) is 1. The molecule has 2 aromatic heterocycles. The van der Waals surface area contributed by atoms with Gasteiger partial charge in [0.2, 0.25) is 5.91 Å². The first-order valence-electron chi connectivity index (χ1n) is 10.4. The van der Waals surface area contributed by atoms with Crippen LogP contribution in [0.5, 0.6) is 0 Å². The highest BCUT2D eigenvalue weighted by atomic mass is 32.2. The zero-order valence-electron chi connectivity index (χ0n) is 19.0. The number of aryl methyl sites for hydroxylation is 3. The number of anilines is 1. The van der Waals surface area contributed by atoms with Crippen LogP contribution < -0.4 is 16.6 Å². The van der Waals surface area contributed by atoms with E-state index in [0.717, 1.165) is 27.5 Å². The van der Waals surface area contributed by atoms with Gasteiger partial charge in [-0.15, -0.1) is 0 Å². The molecular formula is C24H22FN5O3S. The quantitative estimate of drug-likeness (QED) is 0.349. The van der Waals surface area contributed by atoms with Crippen molar-refractivity contribution in [1.29, 1.82) is 0 Å². The maximum atomic E-state index is 13.4. The number of thioether (sulfide) groups is 1. The third kappa shape index (κ3) is 4.49. The Morgan fingerprint density at radius 2 is 1.74 bits per heavy atom. The zero-order chi connectivity index (χ0) is 24.6. The van der Waals surface area contributed by atoms with Gasteiger partial charge in [-0.25, -0.2) is 19.2 Å². The highest BCUT2D eigenvalue weighted by molar-refractivity contribution is 8.00. The normalized spacial score (nSPS) is 11.1. The number of carbonyl (C=O) groups excluding carboxylic acids is 1. The predicted octanol–water partition coefficient (Wildman–Crippen LogP) is 3.18. The van der Waals surface area contributed by atoms with E-state index in [1.165, 1.54) is 42.9 Å². The van der Waals surface area contributed by atoms with Gasteiger partial charge in [-0.05, 0) is 55.3 Å². The van der Waals surface area contributed by atoms with Crippen LogP contribution in [-0.2, 0) is 18.9 Å². The van der Waals surface area contributed by atoms with Gasteiger partial charge in [0.05, 0.1) is 5.75 Å². The Balaban J connectivity index is 1.76. The summed E-state index contributed by atoms with van der Waals surface area (Å²) in [6.07, 6.45) is 0. The van der Waals surface area contributed by atoms with Crippen LogP contribution in [0.1, 0.15) is 11.1 Å². The number of halogens is 1. The molecule has 0 fully saturated rings. The highest BCUT2D eigenvalue weighted by Gasteiger charge is 2.19. The molecule has 0 spiro atoms. The second-order valence-corrected chi connectivity index (χ2v) is 8.88. The van der Waals surface area contributed by atoms with Crippen LogP contribution in [0.4, 0.5) is 10.1 Å². The first-order valence-corrected chi connectivity index (χ1v) is 11.4. The van der Waals surface area contributed by atoms with Crippen LogP contribution >= 0.6 is 11.8 Å². The molecule has 0 saturated heterocycles. The summed E-state index contributed by atoms with van der Waals surface area (Å²) in [5.41, 5.74) is 2.22. The number of carbonyl (C=O) groups is 1. The SMILES string of the molecule is Cc1ccc(C)c(NC(=O)CSc2nc(-c3ccc(F)cc3)nc3c2c(=O)n(C)c(=O)n3C)c1. The summed E-state index contributed by atoms with van der Waals surface area (Å²) in [4.78, 5) is 47.0. The molecule has 0 bridgehead atoms. The van der Waals surface area contributed by atoms with Crippen molar-refractivity contribution in [2.75, 3.05) is 11.1 Å². The number of fused-ring (bicyclic) bond motifs is 1. The molecular weight excluding hydrogens is 457 g/mol. The molecule has 34 heavy (non-hydrogen) atoms. The number of aromatic nitrogens is 4. The zero-order valence-corrected chi connectivity index (χ0v) is 19.9. The van der Waals surface area contributed by atoms with Crippen molar-refractivity contribution in [1.82, 2.24) is 19.1 Å². The molecule has 10 heteroatoms. The summed E-state index contributed by atoms with van der Waals surface area (Å²) >= 11 is 1.07. The van der Waals surface area contributed by atoms with E-state index in [2.05, 4.69) is 15.3 Å². The van der Waals surface area contributed by atoms with Gasteiger partial charge in [-0.2, -0.15) is 0 Å². The van der Waals surface area contributed by atoms with Crippen molar-refractivity contribution in [2.45, 2.75) is 18.9 Å². The molecule has 0 saturated carbocycles. The number of nitrogens with zero attached hydrogens (tertiary/aromatic N) is 4. The molecule has 0 aliphatic rings. The number of hydrogen-bond acceptors (Lipinski definition) is 6. The Morgan fingerprint density at radius 1 is 1.03 bits per heavy atom. The highest BCUT2D eigenvalue weighted by Crippen LogP contribution is 2.26. The number of amides is 1. The van der Waals surface area contributed by atoms with Gasteiger partial charge >= 0.3 is 5.69 Å². The smallest absolute Gasteiger partial charge is 0.325 e. The van der Waals surface area contributed by atoms with Crippen molar-refractivity contribution < 1.29 is 9.18 Å². The molecule has 1 N–H and O–H groups in total. The van der Waals surface area contributed by atoms with Crippen LogP contribution in [-0.4, -0.2) is 30.8 Å². The van der Waals surface area contributed by atoms with Crippen molar-refractivity contribution in [2.24, 2.45) is 14.1 Å². The van der Waals surface area contributed by atoms with E-state index < -0.39 is 17.1 Å². The molecule has 174 valence electrons. The number of benzene rings is 2. The standard InChI is InChI=1S/C24H22FN5O3S/c1-13-5-6-14(2)17(11-13)26-18(31)12-34-22-19-21(29(3)24(33)30(4)23(19)32)27-20(28-22)15-7-9-16(25)10-8-15/h5-11H,12H2,1-4H3,(H,26,31). The maximum absolute atomic E-state index is 13.4. The van der Waals surface area contributed by atoms with E-state index >= 15 is 0 Å². The maximum Gasteiger partial charge on any atom is 0.332 e. The molecule has 0 unspecified atom stereocenters. The largest absolute Gasteiger partial charge is 0.332 e. The van der Waals surface area contributed by atoms with Crippen LogP contribution in [0.3, 0.4) is 0 Å². The van der Waals surface area contributed by atoms with Gasteiger partial charge in [-0.3, -0.25) is 18.7 Å². The van der Waals surface area contributed by atoms with Gasteiger partial charge in [0.1, 0.15) is 16.2 Å². The lowest BCUT2D eigenvalue weighted by Gasteiger charge is -2.12. The topological polar surface area (TPSA) is 98.9 Å². The minimum atomic E-state index is -0.554. The van der Waals surface area contributed by atoms with Crippen LogP contribution in [0.25, 0.3) is 22.4 Å². The molecule has 0 aliphatic carbocycles. The summed E-state index contributed by atoms with van der Waals surface area (Å²) < 4.78 is 15.6. The lowest BCUT2D eigenvalue weighted by Crippen LogP contribution is -2.37. The Kier molecular flexibility index (Phi) is 6.34. The first-order chi connectivity index (χ1) is 16.2. The molecule has 8 nitrogen and oxygen atoms in total. The van der Waals surface area contributed by atoms with Gasteiger partial charge in [0.25, 0.3) is 5.56 Å². The Bertz CT molecular complexity index is 1540. The lowest BCUT2D eigenvalue weighted by molar-refractivity contribution is -0.113. The van der Waals surface area contributed by atoms with E-state index in [1.807, 2.05) is 32.0 Å². The lowest BCUT2D eigenvalue weighted by atomic mass is 10.1. The number of hydrogen-bond donors (Lipinski definition) is 1. The summed E-state index contributed by atoms with van der Waals surface area (Å²) in [5.74, 6) is -0.485. The fourth-order valence-electron chi connectivity index (χ4n) is 3.45. The molecule has 4 aromatic rings. The second-order valence-electron chi connectivity index (χ2n) is 7.92. The van der Waals surface area contributed by atoms with E-state index in [9.17, 15) is 18.8 Å². The Hall–Kier alpha value is -3.79. The number of rotatable bonds is 5. The van der Waals surface area contributed by atoms with Gasteiger partial charge in [0, 0.05) is 25.3 Å².